The van der Waals surface area contributed by atoms with Crippen LogP contribution in [0.5, 0.6) is 0 Å². The van der Waals surface area contributed by atoms with E-state index in [4.69, 9.17) is 9.84 Å². The summed E-state index contributed by atoms with van der Waals surface area (Å²) in [5, 5.41) is 9.04. The van der Waals surface area contributed by atoms with Gasteiger partial charge in [-0.05, 0) is 40.0 Å². The fourth-order valence-electron chi connectivity index (χ4n) is 3.59. The molecule has 1 N–H and O–H groups in total. The zero-order valence-corrected chi connectivity index (χ0v) is 15.6. The van der Waals surface area contributed by atoms with Crippen molar-refractivity contribution in [3.8, 4) is 0 Å². The number of hydrogen-bond donors (Lipinski definition) is 1. The second-order valence-corrected chi connectivity index (χ2v) is 7.80. The van der Waals surface area contributed by atoms with Crippen LogP contribution >= 0.6 is 0 Å². The van der Waals surface area contributed by atoms with E-state index in [1.54, 1.807) is 4.90 Å². The zero-order chi connectivity index (χ0) is 18.8. The van der Waals surface area contributed by atoms with Crippen molar-refractivity contribution in [3.05, 3.63) is 0 Å². The summed E-state index contributed by atoms with van der Waals surface area (Å²) in [4.78, 5) is 41.3. The van der Waals surface area contributed by atoms with Gasteiger partial charge in [0, 0.05) is 19.6 Å². The lowest BCUT2D eigenvalue weighted by Gasteiger charge is -2.42. The Morgan fingerprint density at radius 1 is 1.24 bits per heavy atom. The third kappa shape index (κ3) is 4.23. The SMILES string of the molecule is CCCN1CN(CC(=O)O)C(=O)C12CCN(C(=O)OC(C)(C)C)CC2. The maximum Gasteiger partial charge on any atom is 0.410 e. The minimum Gasteiger partial charge on any atom is -0.480 e. The van der Waals surface area contributed by atoms with Gasteiger partial charge in [-0.2, -0.15) is 0 Å². The fraction of sp³-hybridized carbons (Fsp3) is 0.824. The molecule has 0 unspecified atom stereocenters. The van der Waals surface area contributed by atoms with Crippen LogP contribution in [-0.4, -0.2) is 81.8 Å². The molecule has 0 aromatic heterocycles. The Hall–Kier alpha value is -1.83. The van der Waals surface area contributed by atoms with Crippen molar-refractivity contribution in [1.29, 1.82) is 0 Å². The largest absolute Gasteiger partial charge is 0.480 e. The molecule has 2 rings (SSSR count). The third-order valence-corrected chi connectivity index (χ3v) is 4.69. The number of aliphatic carboxylic acids is 1. The lowest BCUT2D eigenvalue weighted by atomic mass is 9.86. The Morgan fingerprint density at radius 2 is 1.84 bits per heavy atom. The third-order valence-electron chi connectivity index (χ3n) is 4.69. The van der Waals surface area contributed by atoms with Crippen LogP contribution in [0.3, 0.4) is 0 Å². The number of likely N-dealkylation sites (tertiary alicyclic amines) is 1. The maximum absolute atomic E-state index is 12.9. The van der Waals surface area contributed by atoms with E-state index in [-0.39, 0.29) is 18.5 Å². The summed E-state index contributed by atoms with van der Waals surface area (Å²) >= 11 is 0. The number of ether oxygens (including phenoxy) is 1. The first kappa shape index (κ1) is 19.5. The Kier molecular flexibility index (Phi) is 5.61. The number of amides is 2. The van der Waals surface area contributed by atoms with Crippen LogP contribution in [-0.2, 0) is 14.3 Å². The molecule has 2 aliphatic rings. The van der Waals surface area contributed by atoms with Crippen molar-refractivity contribution in [2.45, 2.75) is 58.1 Å². The Bertz CT molecular complexity index is 535. The predicted molar refractivity (Wildman–Crippen MR) is 91.0 cm³/mol. The molecule has 142 valence electrons. The molecule has 25 heavy (non-hydrogen) atoms. The van der Waals surface area contributed by atoms with Gasteiger partial charge in [-0.25, -0.2) is 4.79 Å². The molecule has 2 saturated heterocycles. The van der Waals surface area contributed by atoms with Crippen molar-refractivity contribution in [3.63, 3.8) is 0 Å². The molecule has 1 spiro atoms. The number of carbonyl (C=O) groups is 3. The van der Waals surface area contributed by atoms with Gasteiger partial charge >= 0.3 is 12.1 Å². The number of nitrogens with zero attached hydrogens (tertiary/aromatic N) is 3. The average Bonchev–Trinajstić information content (AvgIpc) is 2.72. The molecule has 0 saturated carbocycles. The molecule has 0 atom stereocenters. The summed E-state index contributed by atoms with van der Waals surface area (Å²) in [5.74, 6) is -1.14. The van der Waals surface area contributed by atoms with Crippen LogP contribution in [0.1, 0.15) is 47.0 Å². The molecule has 2 aliphatic heterocycles. The van der Waals surface area contributed by atoms with Gasteiger partial charge in [0.2, 0.25) is 5.91 Å². The van der Waals surface area contributed by atoms with Crippen LogP contribution < -0.4 is 0 Å². The van der Waals surface area contributed by atoms with Crippen molar-refractivity contribution < 1.29 is 24.2 Å². The Balaban J connectivity index is 2.08. The molecule has 0 aromatic rings. The number of piperidine rings is 1. The van der Waals surface area contributed by atoms with Crippen LogP contribution in [0.4, 0.5) is 4.79 Å². The normalized spacial score (nSPS) is 21.0. The fourth-order valence-corrected chi connectivity index (χ4v) is 3.59. The van der Waals surface area contributed by atoms with Crippen molar-refractivity contribution in [1.82, 2.24) is 14.7 Å². The summed E-state index contributed by atoms with van der Waals surface area (Å²) in [6.45, 7) is 9.16. The summed E-state index contributed by atoms with van der Waals surface area (Å²) in [7, 11) is 0. The highest BCUT2D eigenvalue weighted by Crippen LogP contribution is 2.36. The van der Waals surface area contributed by atoms with Gasteiger partial charge in [-0.1, -0.05) is 6.92 Å². The highest BCUT2D eigenvalue weighted by molar-refractivity contribution is 5.91. The number of carboxylic acids is 1. The van der Waals surface area contributed by atoms with E-state index in [9.17, 15) is 14.4 Å². The van der Waals surface area contributed by atoms with Gasteiger partial charge in [-0.3, -0.25) is 14.5 Å². The van der Waals surface area contributed by atoms with Gasteiger partial charge in [0.1, 0.15) is 17.7 Å². The van der Waals surface area contributed by atoms with Gasteiger partial charge in [0.15, 0.2) is 0 Å². The van der Waals surface area contributed by atoms with Gasteiger partial charge in [-0.15, -0.1) is 0 Å². The molecule has 8 nitrogen and oxygen atoms in total. The molecule has 0 aliphatic carbocycles. The van der Waals surface area contributed by atoms with E-state index in [0.29, 0.717) is 32.6 Å². The summed E-state index contributed by atoms with van der Waals surface area (Å²) in [5.41, 5.74) is -1.24. The van der Waals surface area contributed by atoms with Crippen molar-refractivity contribution in [2.24, 2.45) is 0 Å². The highest BCUT2D eigenvalue weighted by Gasteiger charge is 2.54. The van der Waals surface area contributed by atoms with E-state index >= 15 is 0 Å². The first-order chi connectivity index (χ1) is 11.6. The van der Waals surface area contributed by atoms with E-state index in [0.717, 1.165) is 13.0 Å². The average molecular weight is 355 g/mol. The molecule has 0 radical (unpaired) electrons. The summed E-state index contributed by atoms with van der Waals surface area (Å²) in [6, 6.07) is 0. The smallest absolute Gasteiger partial charge is 0.410 e. The quantitative estimate of drug-likeness (QED) is 0.819. The van der Waals surface area contributed by atoms with Crippen LogP contribution in [0, 0.1) is 0 Å². The number of rotatable bonds is 4. The van der Waals surface area contributed by atoms with E-state index < -0.39 is 17.1 Å². The standard InChI is InChI=1S/C17H29N3O5/c1-5-8-20-12-19(11-13(21)22)14(23)17(20)6-9-18(10-7-17)15(24)25-16(2,3)4/h5-12H2,1-4H3,(H,21,22). The van der Waals surface area contributed by atoms with Gasteiger partial charge in [0.25, 0.3) is 0 Å². The molecular weight excluding hydrogens is 326 g/mol. The Morgan fingerprint density at radius 3 is 2.32 bits per heavy atom. The lowest BCUT2D eigenvalue weighted by Crippen LogP contribution is -2.57. The minimum absolute atomic E-state index is 0.132. The Labute approximate surface area is 148 Å². The summed E-state index contributed by atoms with van der Waals surface area (Å²) < 4.78 is 5.40. The lowest BCUT2D eigenvalue weighted by molar-refractivity contribution is -0.144. The van der Waals surface area contributed by atoms with Crippen LogP contribution in [0.2, 0.25) is 0 Å². The van der Waals surface area contributed by atoms with Crippen LogP contribution in [0.25, 0.3) is 0 Å². The molecule has 8 heteroatoms. The number of carboxylic acid groups (broad SMARTS) is 1. The first-order valence-corrected chi connectivity index (χ1v) is 8.83. The van der Waals surface area contributed by atoms with Crippen molar-refractivity contribution >= 4 is 18.0 Å². The van der Waals surface area contributed by atoms with E-state index in [1.165, 1.54) is 4.90 Å². The molecular formula is C17H29N3O5. The summed E-state index contributed by atoms with van der Waals surface area (Å²) in [6.07, 6.45) is 1.52. The van der Waals surface area contributed by atoms with E-state index in [2.05, 4.69) is 4.90 Å². The predicted octanol–water partition coefficient (Wildman–Crippen LogP) is 1.35. The number of carbonyl (C=O) groups excluding carboxylic acids is 2. The molecule has 2 fully saturated rings. The molecule has 2 heterocycles. The van der Waals surface area contributed by atoms with Crippen LogP contribution in [0.15, 0.2) is 0 Å². The van der Waals surface area contributed by atoms with Gasteiger partial charge in [0.05, 0.1) is 6.67 Å². The molecule has 2 amide bonds. The monoisotopic (exact) mass is 355 g/mol. The number of hydrogen-bond acceptors (Lipinski definition) is 5. The van der Waals surface area contributed by atoms with Crippen molar-refractivity contribution in [2.75, 3.05) is 32.8 Å². The van der Waals surface area contributed by atoms with Gasteiger partial charge < -0.3 is 19.6 Å². The first-order valence-electron chi connectivity index (χ1n) is 8.83. The second kappa shape index (κ2) is 7.19. The highest BCUT2D eigenvalue weighted by atomic mass is 16.6. The maximum atomic E-state index is 12.9. The second-order valence-electron chi connectivity index (χ2n) is 7.80. The van der Waals surface area contributed by atoms with E-state index in [1.807, 2.05) is 27.7 Å². The topological polar surface area (TPSA) is 90.4 Å². The minimum atomic E-state index is -1.01. The molecule has 0 bridgehead atoms. The zero-order valence-electron chi connectivity index (χ0n) is 15.6. The molecule has 0 aromatic carbocycles.